The highest BCUT2D eigenvalue weighted by molar-refractivity contribution is 6.43. The SMILES string of the molecule is CC1(C)Cc2cc(-c3nc4c(F)c(-c5cccc(Cl)c5Cl)c(CCC#N)cc4c4[nH]c(C5CCCN5C(=O)C5CC5)cc34)ccc2O1. The van der Waals surface area contributed by atoms with Gasteiger partial charge in [0.1, 0.15) is 16.9 Å². The van der Waals surface area contributed by atoms with Crippen LogP contribution >= 0.6 is 23.2 Å². The molecule has 1 saturated heterocycles. The average Bonchev–Trinajstić information content (AvgIpc) is 3.46. The monoisotopic (exact) mass is 666 g/mol. The van der Waals surface area contributed by atoms with Crippen molar-refractivity contribution < 1.29 is 13.9 Å². The molecule has 2 aliphatic heterocycles. The number of likely N-dealkylation sites (tertiary alicyclic amines) is 1. The third kappa shape index (κ3) is 5.14. The van der Waals surface area contributed by atoms with E-state index in [1.165, 1.54) is 0 Å². The summed E-state index contributed by atoms with van der Waals surface area (Å²) in [6.07, 6.45) is 4.98. The summed E-state index contributed by atoms with van der Waals surface area (Å²) in [5.41, 5.74) is 5.54. The van der Waals surface area contributed by atoms with E-state index in [-0.39, 0.29) is 40.4 Å². The molecule has 2 fully saturated rings. The molecule has 6 nitrogen and oxygen atoms in total. The number of nitrogens with one attached hydrogen (secondary N) is 1. The Labute approximate surface area is 282 Å². The maximum Gasteiger partial charge on any atom is 0.226 e. The number of aromatic amines is 1. The van der Waals surface area contributed by atoms with E-state index in [0.29, 0.717) is 39.2 Å². The molecule has 238 valence electrons. The summed E-state index contributed by atoms with van der Waals surface area (Å²) >= 11 is 13.1. The molecule has 3 aromatic carbocycles. The molecule has 8 rings (SSSR count). The zero-order chi connectivity index (χ0) is 32.6. The number of ether oxygens (including phenoxy) is 1. The van der Waals surface area contributed by atoms with Crippen molar-refractivity contribution in [3.63, 3.8) is 0 Å². The molecule has 1 aliphatic carbocycles. The van der Waals surface area contributed by atoms with Gasteiger partial charge in [0, 0.05) is 58.5 Å². The van der Waals surface area contributed by atoms with E-state index in [2.05, 4.69) is 37.0 Å². The standard InChI is InChI=1S/C38H33Cl2FN4O2/c1-38(2)19-23-16-22(12-13-30(23)47-38)34-26-18-28(29-9-5-15-45(29)37(46)20-10-11-20)43-35(26)25-17-21(6-4-14-42)31(33(41)36(25)44-34)24-7-3-8-27(39)32(24)40/h3,7-8,12-13,16-18,20,29,43H,4-6,9-11,15,19H2,1-2H3. The van der Waals surface area contributed by atoms with Gasteiger partial charge in [-0.15, -0.1) is 0 Å². The molecule has 3 aliphatic rings. The van der Waals surface area contributed by atoms with Crippen LogP contribution in [0.3, 0.4) is 0 Å². The highest BCUT2D eigenvalue weighted by Crippen LogP contribution is 2.45. The molecular weight excluding hydrogens is 634 g/mol. The molecule has 5 aromatic rings. The molecule has 9 heteroatoms. The van der Waals surface area contributed by atoms with Crippen molar-refractivity contribution in [3.8, 4) is 34.2 Å². The van der Waals surface area contributed by atoms with Crippen molar-refractivity contribution in [1.82, 2.24) is 14.9 Å². The number of nitrogens with zero attached hydrogens (tertiary/aromatic N) is 3. The van der Waals surface area contributed by atoms with Crippen LogP contribution in [0, 0.1) is 23.1 Å². The van der Waals surface area contributed by atoms with Crippen LogP contribution < -0.4 is 4.74 Å². The Hall–Kier alpha value is -4.12. The average molecular weight is 668 g/mol. The van der Waals surface area contributed by atoms with Crippen molar-refractivity contribution in [2.75, 3.05) is 6.54 Å². The predicted molar refractivity (Wildman–Crippen MR) is 183 cm³/mol. The normalized spacial score (nSPS) is 18.5. The van der Waals surface area contributed by atoms with Gasteiger partial charge in [-0.1, -0.05) is 35.3 Å². The fraction of sp³-hybridized carbons (Fsp3) is 0.342. The molecule has 4 heterocycles. The first kappa shape index (κ1) is 30.2. The lowest BCUT2D eigenvalue weighted by atomic mass is 9.92. The maximum atomic E-state index is 17.1. The quantitative estimate of drug-likeness (QED) is 0.196. The Morgan fingerprint density at radius 3 is 2.77 bits per heavy atom. The van der Waals surface area contributed by atoms with Crippen LogP contribution in [0.4, 0.5) is 4.39 Å². The van der Waals surface area contributed by atoms with E-state index < -0.39 is 5.82 Å². The van der Waals surface area contributed by atoms with Gasteiger partial charge in [-0.25, -0.2) is 9.37 Å². The van der Waals surface area contributed by atoms with Crippen LogP contribution in [0.25, 0.3) is 44.2 Å². The first-order valence-electron chi connectivity index (χ1n) is 16.3. The van der Waals surface area contributed by atoms with E-state index in [1.54, 1.807) is 18.2 Å². The largest absolute Gasteiger partial charge is 0.487 e. The summed E-state index contributed by atoms with van der Waals surface area (Å²) in [5, 5.41) is 11.5. The van der Waals surface area contributed by atoms with Gasteiger partial charge in [0.05, 0.1) is 33.4 Å². The van der Waals surface area contributed by atoms with E-state index in [0.717, 1.165) is 72.1 Å². The Morgan fingerprint density at radius 1 is 1.15 bits per heavy atom. The molecule has 2 aromatic heterocycles. The number of rotatable bonds is 6. The molecule has 1 N–H and O–H groups in total. The van der Waals surface area contributed by atoms with Crippen molar-refractivity contribution in [2.24, 2.45) is 5.92 Å². The number of carbonyl (C=O) groups excluding carboxylic acids is 1. The Kier molecular flexibility index (Phi) is 7.23. The number of fused-ring (bicyclic) bond motifs is 4. The number of hydrogen-bond acceptors (Lipinski definition) is 4. The van der Waals surface area contributed by atoms with Gasteiger partial charge in [0.25, 0.3) is 0 Å². The van der Waals surface area contributed by atoms with Crippen LogP contribution in [0.2, 0.25) is 10.0 Å². The Morgan fingerprint density at radius 2 is 1.98 bits per heavy atom. The minimum absolute atomic E-state index is 0.0833. The van der Waals surface area contributed by atoms with Crippen LogP contribution in [0.1, 0.15) is 68.8 Å². The summed E-state index contributed by atoms with van der Waals surface area (Å²) < 4.78 is 23.3. The van der Waals surface area contributed by atoms with Gasteiger partial charge in [0.15, 0.2) is 5.82 Å². The molecule has 1 unspecified atom stereocenters. The topological polar surface area (TPSA) is 82.0 Å². The fourth-order valence-electron chi connectivity index (χ4n) is 7.49. The van der Waals surface area contributed by atoms with Gasteiger partial charge < -0.3 is 14.6 Å². The summed E-state index contributed by atoms with van der Waals surface area (Å²) in [7, 11) is 0. The molecule has 1 amide bonds. The molecular formula is C38H33Cl2FN4O2. The van der Waals surface area contributed by atoms with Gasteiger partial charge in [-0.2, -0.15) is 5.26 Å². The van der Waals surface area contributed by atoms with Crippen molar-refractivity contribution >= 4 is 50.9 Å². The number of aryl methyl sites for hydroxylation is 1. The first-order chi connectivity index (χ1) is 22.6. The number of aromatic nitrogens is 2. The lowest BCUT2D eigenvalue weighted by Gasteiger charge is -2.24. The second-order valence-electron chi connectivity index (χ2n) is 13.7. The number of carbonyl (C=O) groups is 1. The minimum atomic E-state index is -0.518. The van der Waals surface area contributed by atoms with Crippen LogP contribution in [-0.4, -0.2) is 32.9 Å². The highest BCUT2D eigenvalue weighted by atomic mass is 35.5. The summed E-state index contributed by atoms with van der Waals surface area (Å²) in [4.78, 5) is 24.0. The fourth-order valence-corrected chi connectivity index (χ4v) is 7.88. The summed E-state index contributed by atoms with van der Waals surface area (Å²) in [5.74, 6) is 0.681. The molecule has 0 bridgehead atoms. The number of pyridine rings is 1. The van der Waals surface area contributed by atoms with Crippen molar-refractivity contribution in [1.29, 1.82) is 5.26 Å². The highest BCUT2D eigenvalue weighted by Gasteiger charge is 2.39. The lowest BCUT2D eigenvalue weighted by molar-refractivity contribution is -0.133. The lowest BCUT2D eigenvalue weighted by Crippen LogP contribution is -2.31. The van der Waals surface area contributed by atoms with Crippen molar-refractivity contribution in [2.45, 2.75) is 70.4 Å². The second-order valence-corrected chi connectivity index (χ2v) is 14.5. The third-order valence-corrected chi connectivity index (χ3v) is 10.6. The first-order valence-corrected chi connectivity index (χ1v) is 17.0. The summed E-state index contributed by atoms with van der Waals surface area (Å²) in [6, 6.07) is 17.3. The molecule has 47 heavy (non-hydrogen) atoms. The molecule has 1 atom stereocenters. The van der Waals surface area contributed by atoms with Gasteiger partial charge in [-0.3, -0.25) is 4.79 Å². The number of H-pyrrole nitrogens is 1. The maximum absolute atomic E-state index is 17.1. The minimum Gasteiger partial charge on any atom is -0.487 e. The van der Waals surface area contributed by atoms with Crippen molar-refractivity contribution in [3.05, 3.63) is 81.2 Å². The van der Waals surface area contributed by atoms with Crippen LogP contribution in [-0.2, 0) is 17.6 Å². The van der Waals surface area contributed by atoms with Crippen LogP contribution in [0.5, 0.6) is 5.75 Å². The Bertz CT molecular complexity index is 2160. The third-order valence-electron chi connectivity index (χ3n) is 9.79. The zero-order valence-electron chi connectivity index (χ0n) is 26.2. The number of halogens is 3. The zero-order valence-corrected chi connectivity index (χ0v) is 27.7. The smallest absolute Gasteiger partial charge is 0.226 e. The number of hydrogen-bond donors (Lipinski definition) is 1. The number of amides is 1. The number of benzene rings is 3. The van der Waals surface area contributed by atoms with Gasteiger partial charge in [-0.05, 0) is 93.5 Å². The van der Waals surface area contributed by atoms with Crippen LogP contribution in [0.15, 0.2) is 48.5 Å². The Balaban J connectivity index is 1.39. The summed E-state index contributed by atoms with van der Waals surface area (Å²) in [6.45, 7) is 4.86. The molecule has 0 spiro atoms. The van der Waals surface area contributed by atoms with E-state index in [4.69, 9.17) is 32.9 Å². The predicted octanol–water partition coefficient (Wildman–Crippen LogP) is 9.74. The van der Waals surface area contributed by atoms with E-state index in [9.17, 15) is 10.1 Å². The number of nitriles is 1. The van der Waals surface area contributed by atoms with Gasteiger partial charge in [0.2, 0.25) is 5.91 Å². The van der Waals surface area contributed by atoms with E-state index in [1.807, 2.05) is 23.1 Å². The molecule has 1 saturated carbocycles. The van der Waals surface area contributed by atoms with E-state index >= 15 is 4.39 Å². The molecule has 0 radical (unpaired) electrons. The second kappa shape index (κ2) is 11.2. The van der Waals surface area contributed by atoms with Gasteiger partial charge >= 0.3 is 0 Å².